The molecule has 0 saturated carbocycles. The van der Waals surface area contributed by atoms with E-state index in [-0.39, 0.29) is 12.8 Å². The van der Waals surface area contributed by atoms with E-state index in [1.807, 2.05) is 0 Å². The van der Waals surface area contributed by atoms with Crippen LogP contribution in [0, 0.1) is 5.92 Å². The fourth-order valence-electron chi connectivity index (χ4n) is 2.12. The molecule has 0 aromatic carbocycles. The molecule has 3 unspecified atom stereocenters. The number of nitrogens with two attached hydrogens (primary N) is 2. The molecule has 0 heterocycles. The molecule has 0 aromatic heterocycles. The van der Waals surface area contributed by atoms with Crippen LogP contribution < -0.4 is 27.4 Å². The summed E-state index contributed by atoms with van der Waals surface area (Å²) in [4.78, 5) is 68.7. The lowest BCUT2D eigenvalue weighted by Crippen LogP contribution is -2.54. The molecular formula is C16H27N5O8. The molecule has 9 N–H and O–H groups in total. The summed E-state index contributed by atoms with van der Waals surface area (Å²) in [5, 5.41) is 24.4. The number of carboxylic acid groups (broad SMARTS) is 2. The van der Waals surface area contributed by atoms with Gasteiger partial charge in [0.15, 0.2) is 0 Å². The zero-order valence-corrected chi connectivity index (χ0v) is 16.1. The number of nitrogens with one attached hydrogen (secondary N) is 3. The number of primary amides is 1. The van der Waals surface area contributed by atoms with Crippen molar-refractivity contribution in [1.29, 1.82) is 0 Å². The molecule has 4 amide bonds. The smallest absolute Gasteiger partial charge is 0.326 e. The lowest BCUT2D eigenvalue weighted by molar-refractivity contribution is -0.143. The number of aliphatic carboxylic acids is 2. The standard InChI is InChI=1S/C16H27N5O8/c1-7(2)13(16(28)29)21-11(23)6-19-15(27)9(5-12(24)25)20-14(26)8(17)3-4-10(18)22/h7-9,13H,3-6,17H2,1-2H3,(H2,18,22)(H,19,27)(H,20,26)(H,21,23)(H,24,25)(H,28,29). The maximum absolute atomic E-state index is 12.2. The average molecular weight is 417 g/mol. The Morgan fingerprint density at radius 3 is 2.00 bits per heavy atom. The molecule has 164 valence electrons. The number of carbonyl (C=O) groups is 6. The van der Waals surface area contributed by atoms with Gasteiger partial charge in [-0.2, -0.15) is 0 Å². The van der Waals surface area contributed by atoms with Gasteiger partial charge in [-0.25, -0.2) is 4.79 Å². The van der Waals surface area contributed by atoms with Crippen LogP contribution in [0.3, 0.4) is 0 Å². The van der Waals surface area contributed by atoms with E-state index in [9.17, 15) is 28.8 Å². The number of hydrogen-bond donors (Lipinski definition) is 7. The van der Waals surface area contributed by atoms with Gasteiger partial charge >= 0.3 is 11.9 Å². The second kappa shape index (κ2) is 12.3. The summed E-state index contributed by atoms with van der Waals surface area (Å²) in [6, 6.07) is -3.90. The summed E-state index contributed by atoms with van der Waals surface area (Å²) in [5.74, 6) is -6.39. The zero-order chi connectivity index (χ0) is 22.7. The third-order valence-electron chi connectivity index (χ3n) is 3.72. The van der Waals surface area contributed by atoms with Crippen molar-refractivity contribution in [1.82, 2.24) is 16.0 Å². The van der Waals surface area contributed by atoms with Gasteiger partial charge in [0.05, 0.1) is 19.0 Å². The minimum absolute atomic E-state index is 0.100. The zero-order valence-electron chi connectivity index (χ0n) is 16.1. The van der Waals surface area contributed by atoms with E-state index < -0.39 is 72.6 Å². The van der Waals surface area contributed by atoms with E-state index in [1.165, 1.54) is 0 Å². The van der Waals surface area contributed by atoms with E-state index in [0.29, 0.717) is 0 Å². The maximum atomic E-state index is 12.2. The van der Waals surface area contributed by atoms with Crippen molar-refractivity contribution < 1.29 is 39.0 Å². The maximum Gasteiger partial charge on any atom is 0.326 e. The predicted octanol–water partition coefficient (Wildman–Crippen LogP) is -3.12. The van der Waals surface area contributed by atoms with Crippen LogP contribution in [-0.4, -0.2) is 70.5 Å². The summed E-state index contributed by atoms with van der Waals surface area (Å²) in [6.07, 6.45) is -1.06. The molecule has 0 aliphatic carbocycles. The van der Waals surface area contributed by atoms with Crippen molar-refractivity contribution >= 4 is 35.6 Å². The predicted molar refractivity (Wildman–Crippen MR) is 98.0 cm³/mol. The fraction of sp³-hybridized carbons (Fsp3) is 0.625. The second-order valence-corrected chi connectivity index (χ2v) is 6.62. The molecule has 0 aliphatic heterocycles. The van der Waals surface area contributed by atoms with Gasteiger partial charge in [-0.15, -0.1) is 0 Å². The third kappa shape index (κ3) is 10.6. The Balaban J connectivity index is 4.85. The molecule has 0 aromatic rings. The Bertz CT molecular complexity index is 651. The average Bonchev–Trinajstić information content (AvgIpc) is 2.60. The first-order valence-corrected chi connectivity index (χ1v) is 8.71. The molecule has 0 spiro atoms. The van der Waals surface area contributed by atoms with Crippen LogP contribution in [0.15, 0.2) is 0 Å². The Kier molecular flexibility index (Phi) is 10.9. The summed E-state index contributed by atoms with van der Waals surface area (Å²) < 4.78 is 0. The number of rotatable bonds is 13. The van der Waals surface area contributed by atoms with Gasteiger partial charge in [-0.05, 0) is 12.3 Å². The number of hydrogen-bond acceptors (Lipinski definition) is 7. The highest BCUT2D eigenvalue weighted by atomic mass is 16.4. The normalized spacial score (nSPS) is 13.7. The Morgan fingerprint density at radius 2 is 1.55 bits per heavy atom. The van der Waals surface area contributed by atoms with E-state index in [0.717, 1.165) is 0 Å². The lowest BCUT2D eigenvalue weighted by atomic mass is 10.0. The minimum atomic E-state index is -1.53. The molecule has 0 saturated heterocycles. The molecule has 13 heteroatoms. The molecule has 0 radical (unpaired) electrons. The van der Waals surface area contributed by atoms with Crippen molar-refractivity contribution in [3.05, 3.63) is 0 Å². The Hall–Kier alpha value is -3.22. The third-order valence-corrected chi connectivity index (χ3v) is 3.72. The van der Waals surface area contributed by atoms with Gasteiger partial charge in [0.2, 0.25) is 23.6 Å². The quantitative estimate of drug-likeness (QED) is 0.160. The van der Waals surface area contributed by atoms with Crippen LogP contribution in [0.4, 0.5) is 0 Å². The van der Waals surface area contributed by atoms with Crippen molar-refractivity contribution in [3.63, 3.8) is 0 Å². The first kappa shape index (κ1) is 25.8. The Labute approximate surface area is 166 Å². The molecule has 0 bridgehead atoms. The highest BCUT2D eigenvalue weighted by Crippen LogP contribution is 2.01. The molecular weight excluding hydrogens is 390 g/mol. The molecule has 0 fully saturated rings. The van der Waals surface area contributed by atoms with Crippen molar-refractivity contribution in [2.24, 2.45) is 17.4 Å². The lowest BCUT2D eigenvalue weighted by Gasteiger charge is -2.20. The molecule has 29 heavy (non-hydrogen) atoms. The van der Waals surface area contributed by atoms with Crippen molar-refractivity contribution in [3.8, 4) is 0 Å². The van der Waals surface area contributed by atoms with Crippen LogP contribution in [0.2, 0.25) is 0 Å². The van der Waals surface area contributed by atoms with Gasteiger partial charge in [-0.1, -0.05) is 13.8 Å². The van der Waals surface area contributed by atoms with E-state index in [1.54, 1.807) is 13.8 Å². The van der Waals surface area contributed by atoms with Crippen LogP contribution >= 0.6 is 0 Å². The summed E-state index contributed by atoms with van der Waals surface area (Å²) in [5.41, 5.74) is 10.5. The highest BCUT2D eigenvalue weighted by Gasteiger charge is 2.27. The first-order chi connectivity index (χ1) is 13.3. The minimum Gasteiger partial charge on any atom is -0.481 e. The summed E-state index contributed by atoms with van der Waals surface area (Å²) >= 11 is 0. The Morgan fingerprint density at radius 1 is 0.966 bits per heavy atom. The fourth-order valence-corrected chi connectivity index (χ4v) is 2.12. The SMILES string of the molecule is CC(C)C(NC(=O)CNC(=O)C(CC(=O)O)NC(=O)C(N)CCC(N)=O)C(=O)O. The first-order valence-electron chi connectivity index (χ1n) is 8.71. The van der Waals surface area contributed by atoms with Crippen LogP contribution in [-0.2, 0) is 28.8 Å². The second-order valence-electron chi connectivity index (χ2n) is 6.62. The molecule has 13 nitrogen and oxygen atoms in total. The number of carboxylic acids is 2. The van der Waals surface area contributed by atoms with E-state index in [2.05, 4.69) is 16.0 Å². The number of amides is 4. The van der Waals surface area contributed by atoms with Gasteiger partial charge in [0, 0.05) is 6.42 Å². The van der Waals surface area contributed by atoms with Crippen LogP contribution in [0.1, 0.15) is 33.1 Å². The largest absolute Gasteiger partial charge is 0.481 e. The van der Waals surface area contributed by atoms with Crippen molar-refractivity contribution in [2.45, 2.75) is 51.2 Å². The molecule has 0 aliphatic rings. The van der Waals surface area contributed by atoms with Gasteiger partial charge in [0.1, 0.15) is 12.1 Å². The van der Waals surface area contributed by atoms with Gasteiger partial charge in [-0.3, -0.25) is 24.0 Å². The van der Waals surface area contributed by atoms with Crippen LogP contribution in [0.25, 0.3) is 0 Å². The summed E-state index contributed by atoms with van der Waals surface area (Å²) in [6.45, 7) is 2.53. The summed E-state index contributed by atoms with van der Waals surface area (Å²) in [7, 11) is 0. The van der Waals surface area contributed by atoms with Crippen molar-refractivity contribution in [2.75, 3.05) is 6.54 Å². The monoisotopic (exact) mass is 417 g/mol. The molecule has 3 atom stereocenters. The molecule has 0 rings (SSSR count). The van der Waals surface area contributed by atoms with Crippen LogP contribution in [0.5, 0.6) is 0 Å². The van der Waals surface area contributed by atoms with Gasteiger partial charge in [0.25, 0.3) is 0 Å². The topological polar surface area (TPSA) is 231 Å². The van der Waals surface area contributed by atoms with E-state index >= 15 is 0 Å². The van der Waals surface area contributed by atoms with E-state index in [4.69, 9.17) is 21.7 Å². The number of carbonyl (C=O) groups excluding carboxylic acids is 4. The highest BCUT2D eigenvalue weighted by molar-refractivity contribution is 5.94. The van der Waals surface area contributed by atoms with Gasteiger partial charge < -0.3 is 37.6 Å².